The van der Waals surface area contributed by atoms with E-state index >= 15 is 0 Å². The van der Waals surface area contributed by atoms with Gasteiger partial charge in [0, 0.05) is 17.5 Å². The van der Waals surface area contributed by atoms with Crippen LogP contribution in [0.2, 0.25) is 0 Å². The summed E-state index contributed by atoms with van der Waals surface area (Å²) in [6.07, 6.45) is 0. The number of hydrogen-bond acceptors (Lipinski definition) is 6. The average Bonchev–Trinajstić information content (AvgIpc) is 2.99. The molecule has 0 unspecified atom stereocenters. The first-order valence-corrected chi connectivity index (χ1v) is 8.82. The van der Waals surface area contributed by atoms with Gasteiger partial charge in [0.1, 0.15) is 16.5 Å². The summed E-state index contributed by atoms with van der Waals surface area (Å²) < 4.78 is 5.30. The van der Waals surface area contributed by atoms with E-state index in [1.807, 2.05) is 6.92 Å². The maximum absolute atomic E-state index is 8.75. The molecule has 0 saturated heterocycles. The second-order valence-corrected chi connectivity index (χ2v) is 6.44. The molecular weight excluding hydrogens is 322 g/mol. The van der Waals surface area contributed by atoms with Crippen molar-refractivity contribution in [3.05, 3.63) is 41.0 Å². The monoisotopic (exact) mass is 343 g/mol. The molecule has 0 aliphatic heterocycles. The van der Waals surface area contributed by atoms with Gasteiger partial charge in [0.25, 0.3) is 0 Å². The number of rotatable bonds is 7. The molecule has 2 heterocycles. The molecule has 0 atom stereocenters. The number of hydrogen-bond donors (Lipinski definition) is 2. The fourth-order valence-electron chi connectivity index (χ4n) is 2.53. The van der Waals surface area contributed by atoms with Gasteiger partial charge >= 0.3 is 0 Å². The summed E-state index contributed by atoms with van der Waals surface area (Å²) in [7, 11) is 0. The third kappa shape index (κ3) is 3.72. The highest BCUT2D eigenvalue weighted by Crippen LogP contribution is 2.36. The SMILES string of the molecule is Cc1ccc(-c2csc3nc(C)nc(NCCOCCO)c23)cc1. The van der Waals surface area contributed by atoms with E-state index in [1.54, 1.807) is 11.3 Å². The van der Waals surface area contributed by atoms with Crippen molar-refractivity contribution in [1.82, 2.24) is 9.97 Å². The Balaban J connectivity index is 1.92. The zero-order valence-electron chi connectivity index (χ0n) is 13.9. The lowest BCUT2D eigenvalue weighted by Gasteiger charge is -2.10. The van der Waals surface area contributed by atoms with E-state index in [-0.39, 0.29) is 6.61 Å². The van der Waals surface area contributed by atoms with Crippen LogP contribution in [0, 0.1) is 13.8 Å². The lowest BCUT2D eigenvalue weighted by molar-refractivity contribution is 0.0992. The zero-order chi connectivity index (χ0) is 16.9. The molecule has 2 aromatic heterocycles. The van der Waals surface area contributed by atoms with Crippen molar-refractivity contribution >= 4 is 27.4 Å². The van der Waals surface area contributed by atoms with E-state index < -0.39 is 0 Å². The standard InChI is InChI=1S/C18H21N3O2S/c1-12-3-5-14(6-4-12)15-11-24-18-16(15)17(20-13(2)21-18)19-7-9-23-10-8-22/h3-6,11,22H,7-10H2,1-2H3,(H,19,20,21). The zero-order valence-corrected chi connectivity index (χ0v) is 14.7. The molecule has 0 fully saturated rings. The smallest absolute Gasteiger partial charge is 0.139 e. The molecule has 5 nitrogen and oxygen atoms in total. The Morgan fingerprint density at radius 2 is 1.92 bits per heavy atom. The Kier molecular flexibility index (Phi) is 5.40. The van der Waals surface area contributed by atoms with E-state index in [9.17, 15) is 0 Å². The summed E-state index contributed by atoms with van der Waals surface area (Å²) in [5.74, 6) is 1.58. The Morgan fingerprint density at radius 3 is 2.67 bits per heavy atom. The van der Waals surface area contributed by atoms with E-state index in [2.05, 4.69) is 51.9 Å². The number of aromatic nitrogens is 2. The van der Waals surface area contributed by atoms with E-state index in [0.29, 0.717) is 19.8 Å². The van der Waals surface area contributed by atoms with Crippen LogP contribution < -0.4 is 5.32 Å². The van der Waals surface area contributed by atoms with E-state index in [0.717, 1.165) is 27.4 Å². The fourth-order valence-corrected chi connectivity index (χ4v) is 3.52. The van der Waals surface area contributed by atoms with Gasteiger partial charge in [-0.2, -0.15) is 0 Å². The predicted molar refractivity (Wildman–Crippen MR) is 98.7 cm³/mol. The molecule has 0 bridgehead atoms. The molecule has 0 radical (unpaired) electrons. The lowest BCUT2D eigenvalue weighted by atomic mass is 10.0. The first-order chi connectivity index (χ1) is 11.7. The molecule has 0 aliphatic rings. The minimum Gasteiger partial charge on any atom is -0.394 e. The third-order valence-corrected chi connectivity index (χ3v) is 4.55. The van der Waals surface area contributed by atoms with E-state index in [4.69, 9.17) is 9.84 Å². The Bertz CT molecular complexity index is 815. The first-order valence-electron chi connectivity index (χ1n) is 7.94. The van der Waals surface area contributed by atoms with Crippen LogP contribution in [0.1, 0.15) is 11.4 Å². The van der Waals surface area contributed by atoms with Gasteiger partial charge in [-0.05, 0) is 19.4 Å². The Hall–Kier alpha value is -2.02. The summed E-state index contributed by atoms with van der Waals surface area (Å²) in [4.78, 5) is 10.1. The topological polar surface area (TPSA) is 67.3 Å². The van der Waals surface area contributed by atoms with Crippen molar-refractivity contribution in [2.45, 2.75) is 13.8 Å². The van der Waals surface area contributed by atoms with Gasteiger partial charge in [-0.25, -0.2) is 9.97 Å². The normalized spacial score (nSPS) is 11.1. The number of aliphatic hydroxyl groups is 1. The van der Waals surface area contributed by atoms with Gasteiger partial charge in [0.15, 0.2) is 0 Å². The molecule has 2 N–H and O–H groups in total. The highest BCUT2D eigenvalue weighted by Gasteiger charge is 2.14. The molecule has 24 heavy (non-hydrogen) atoms. The molecule has 3 aromatic rings. The Morgan fingerprint density at radius 1 is 1.12 bits per heavy atom. The highest BCUT2D eigenvalue weighted by molar-refractivity contribution is 7.17. The van der Waals surface area contributed by atoms with Crippen molar-refractivity contribution < 1.29 is 9.84 Å². The second-order valence-electron chi connectivity index (χ2n) is 5.58. The van der Waals surface area contributed by atoms with Crippen LogP contribution in [-0.2, 0) is 4.74 Å². The van der Waals surface area contributed by atoms with Crippen molar-refractivity contribution in [2.75, 3.05) is 31.7 Å². The predicted octanol–water partition coefficient (Wildman–Crippen LogP) is 3.40. The summed E-state index contributed by atoms with van der Waals surface area (Å²) >= 11 is 1.63. The van der Waals surface area contributed by atoms with Gasteiger partial charge in [0.2, 0.25) is 0 Å². The number of nitrogens with zero attached hydrogens (tertiary/aromatic N) is 2. The summed E-state index contributed by atoms with van der Waals surface area (Å²) in [5, 5.41) is 15.3. The van der Waals surface area contributed by atoms with Gasteiger partial charge in [0.05, 0.1) is 25.2 Å². The van der Waals surface area contributed by atoms with E-state index in [1.165, 1.54) is 11.1 Å². The molecule has 0 spiro atoms. The van der Waals surface area contributed by atoms with Crippen LogP contribution in [0.3, 0.4) is 0 Å². The number of benzene rings is 1. The largest absolute Gasteiger partial charge is 0.394 e. The van der Waals surface area contributed by atoms with Crippen molar-refractivity contribution in [2.24, 2.45) is 0 Å². The number of aryl methyl sites for hydroxylation is 2. The quantitative estimate of drug-likeness (QED) is 0.644. The fraction of sp³-hybridized carbons (Fsp3) is 0.333. The van der Waals surface area contributed by atoms with Crippen LogP contribution in [0.25, 0.3) is 21.3 Å². The minimum absolute atomic E-state index is 0.0406. The molecule has 0 aliphatic carbocycles. The van der Waals surface area contributed by atoms with Gasteiger partial charge in [-0.15, -0.1) is 11.3 Å². The summed E-state index contributed by atoms with van der Waals surface area (Å²) in [6.45, 7) is 5.54. The molecule has 0 saturated carbocycles. The van der Waals surface area contributed by atoms with Crippen molar-refractivity contribution in [3.8, 4) is 11.1 Å². The Labute approximate surface area is 145 Å². The third-order valence-electron chi connectivity index (χ3n) is 3.68. The van der Waals surface area contributed by atoms with Crippen molar-refractivity contribution in [3.63, 3.8) is 0 Å². The molecule has 0 amide bonds. The number of ether oxygens (including phenoxy) is 1. The lowest BCUT2D eigenvalue weighted by Crippen LogP contribution is -2.12. The maximum Gasteiger partial charge on any atom is 0.139 e. The number of fused-ring (bicyclic) bond motifs is 1. The van der Waals surface area contributed by atoms with Crippen LogP contribution >= 0.6 is 11.3 Å². The molecule has 1 aromatic carbocycles. The summed E-state index contributed by atoms with van der Waals surface area (Å²) in [6, 6.07) is 8.49. The second kappa shape index (κ2) is 7.70. The molecule has 126 valence electrons. The average molecular weight is 343 g/mol. The highest BCUT2D eigenvalue weighted by atomic mass is 32.1. The number of aliphatic hydroxyl groups excluding tert-OH is 1. The number of thiophene rings is 1. The minimum atomic E-state index is 0.0406. The molecular formula is C18H21N3O2S. The molecule has 3 rings (SSSR count). The van der Waals surface area contributed by atoms with Crippen LogP contribution in [0.4, 0.5) is 5.82 Å². The van der Waals surface area contributed by atoms with Crippen molar-refractivity contribution in [1.29, 1.82) is 0 Å². The van der Waals surface area contributed by atoms with Gasteiger partial charge in [-0.1, -0.05) is 29.8 Å². The van der Waals surface area contributed by atoms with Gasteiger partial charge in [-0.3, -0.25) is 0 Å². The van der Waals surface area contributed by atoms with Crippen LogP contribution in [0.5, 0.6) is 0 Å². The van der Waals surface area contributed by atoms with Gasteiger partial charge < -0.3 is 15.2 Å². The van der Waals surface area contributed by atoms with Crippen LogP contribution in [0.15, 0.2) is 29.6 Å². The summed E-state index contributed by atoms with van der Waals surface area (Å²) in [5.41, 5.74) is 3.55. The van der Waals surface area contributed by atoms with Crippen LogP contribution in [-0.4, -0.2) is 41.4 Å². The number of nitrogens with one attached hydrogen (secondary N) is 1. The maximum atomic E-state index is 8.75. The first kappa shape index (κ1) is 16.8. The number of anilines is 1. The molecule has 6 heteroatoms.